The number of anilines is 2. The van der Waals surface area contributed by atoms with E-state index in [1.165, 1.54) is 12.7 Å². The maximum absolute atomic E-state index is 12.6. The molecule has 1 saturated heterocycles. The number of hydrogen-bond donors (Lipinski definition) is 2. The zero-order chi connectivity index (χ0) is 23.3. The number of carbonyl (C=O) groups excluding carboxylic acids is 2. The number of nitrogens with zero attached hydrogens (tertiary/aromatic N) is 2. The van der Waals surface area contributed by atoms with E-state index in [4.69, 9.17) is 17.0 Å². The molecular weight excluding hydrogens is 424 g/mol. The number of thiocarbonyl (C=S) groups is 1. The Morgan fingerprint density at radius 2 is 1.62 bits per heavy atom. The number of nitrogens with one attached hydrogen (secondary N) is 2. The summed E-state index contributed by atoms with van der Waals surface area (Å²) in [5.74, 6) is -0.328. The van der Waals surface area contributed by atoms with Gasteiger partial charge in [0.1, 0.15) is 0 Å². The lowest BCUT2D eigenvalue weighted by atomic mass is 10.0. The van der Waals surface area contributed by atoms with E-state index in [9.17, 15) is 9.59 Å². The molecule has 0 aromatic heterocycles. The highest BCUT2D eigenvalue weighted by molar-refractivity contribution is 7.80. The van der Waals surface area contributed by atoms with Gasteiger partial charge in [0, 0.05) is 31.7 Å². The SMILES string of the molecule is COC(=O)c1ccc(N2CCN(C)CC2)c(NC(=S)NC(=O)c2ccc(C(C)C)cc2)c1. The third-order valence-corrected chi connectivity index (χ3v) is 5.78. The Labute approximate surface area is 194 Å². The number of benzene rings is 2. The third-order valence-electron chi connectivity index (χ3n) is 5.58. The summed E-state index contributed by atoms with van der Waals surface area (Å²) >= 11 is 5.41. The molecule has 0 saturated carbocycles. The van der Waals surface area contributed by atoms with Crippen LogP contribution in [0.25, 0.3) is 0 Å². The quantitative estimate of drug-likeness (QED) is 0.529. The molecule has 2 aromatic carbocycles. The first-order chi connectivity index (χ1) is 15.3. The van der Waals surface area contributed by atoms with Gasteiger partial charge >= 0.3 is 5.97 Å². The molecule has 3 rings (SSSR count). The number of methoxy groups -OCH3 is 1. The number of amides is 1. The number of rotatable bonds is 5. The molecular formula is C24H30N4O3S. The lowest BCUT2D eigenvalue weighted by Gasteiger charge is -2.35. The van der Waals surface area contributed by atoms with E-state index in [0.717, 1.165) is 31.9 Å². The minimum absolute atomic E-state index is 0.167. The molecule has 1 amide bonds. The molecule has 7 nitrogen and oxygen atoms in total. The Balaban J connectivity index is 1.76. The van der Waals surface area contributed by atoms with Crippen LogP contribution in [0, 0.1) is 0 Å². The van der Waals surface area contributed by atoms with Crippen LogP contribution in [0.5, 0.6) is 0 Å². The Hall–Kier alpha value is -2.97. The fraction of sp³-hybridized carbons (Fsp3) is 0.375. The molecule has 0 spiro atoms. The van der Waals surface area contributed by atoms with E-state index in [1.54, 1.807) is 24.3 Å². The molecule has 0 bridgehead atoms. The predicted octanol–water partition coefficient (Wildman–Crippen LogP) is 3.48. The Morgan fingerprint density at radius 3 is 2.22 bits per heavy atom. The van der Waals surface area contributed by atoms with E-state index in [-0.39, 0.29) is 11.0 Å². The fourth-order valence-corrected chi connectivity index (χ4v) is 3.75. The average molecular weight is 455 g/mol. The van der Waals surface area contributed by atoms with Crippen molar-refractivity contribution < 1.29 is 14.3 Å². The smallest absolute Gasteiger partial charge is 0.337 e. The van der Waals surface area contributed by atoms with Gasteiger partial charge in [0.15, 0.2) is 5.11 Å². The first-order valence-electron chi connectivity index (χ1n) is 10.7. The molecule has 8 heteroatoms. The second-order valence-electron chi connectivity index (χ2n) is 8.20. The first kappa shape index (κ1) is 23.7. The fourth-order valence-electron chi connectivity index (χ4n) is 3.55. The number of carbonyl (C=O) groups is 2. The van der Waals surface area contributed by atoms with Gasteiger partial charge in [-0.05, 0) is 61.1 Å². The summed E-state index contributed by atoms with van der Waals surface area (Å²) in [6.45, 7) is 7.79. The van der Waals surface area contributed by atoms with Gasteiger partial charge < -0.3 is 19.9 Å². The van der Waals surface area contributed by atoms with Crippen molar-refractivity contribution in [3.63, 3.8) is 0 Å². The third kappa shape index (κ3) is 5.83. The molecule has 0 radical (unpaired) electrons. The summed E-state index contributed by atoms with van der Waals surface area (Å²) in [6.07, 6.45) is 0. The molecule has 1 aliphatic heterocycles. The van der Waals surface area contributed by atoms with Crippen molar-refractivity contribution in [3.05, 3.63) is 59.2 Å². The number of ether oxygens (including phenoxy) is 1. The molecule has 1 heterocycles. The monoisotopic (exact) mass is 454 g/mol. The van der Waals surface area contributed by atoms with Crippen LogP contribution in [0.4, 0.5) is 11.4 Å². The summed E-state index contributed by atoms with van der Waals surface area (Å²) in [4.78, 5) is 29.2. The van der Waals surface area contributed by atoms with E-state index >= 15 is 0 Å². The average Bonchev–Trinajstić information content (AvgIpc) is 2.79. The lowest BCUT2D eigenvalue weighted by Crippen LogP contribution is -2.45. The first-order valence-corrected chi connectivity index (χ1v) is 11.1. The molecule has 0 atom stereocenters. The zero-order valence-corrected chi connectivity index (χ0v) is 19.8. The van der Waals surface area contributed by atoms with Gasteiger partial charge in [0.25, 0.3) is 5.91 Å². The number of hydrogen-bond acceptors (Lipinski definition) is 6. The highest BCUT2D eigenvalue weighted by atomic mass is 32.1. The second kappa shape index (κ2) is 10.6. The van der Waals surface area contributed by atoms with Crippen LogP contribution < -0.4 is 15.5 Å². The second-order valence-corrected chi connectivity index (χ2v) is 8.61. The van der Waals surface area contributed by atoms with E-state index in [1.807, 2.05) is 18.2 Å². The van der Waals surface area contributed by atoms with Gasteiger partial charge in [-0.2, -0.15) is 0 Å². The van der Waals surface area contributed by atoms with Crippen molar-refractivity contribution >= 4 is 40.6 Å². The molecule has 1 fully saturated rings. The largest absolute Gasteiger partial charge is 0.465 e. The topological polar surface area (TPSA) is 73.9 Å². The van der Waals surface area contributed by atoms with Crippen molar-refractivity contribution in [2.75, 3.05) is 50.6 Å². The van der Waals surface area contributed by atoms with Crippen molar-refractivity contribution in [1.82, 2.24) is 10.2 Å². The summed E-state index contributed by atoms with van der Waals surface area (Å²) in [7, 11) is 3.44. The van der Waals surface area contributed by atoms with Gasteiger partial charge in [-0.1, -0.05) is 26.0 Å². The molecule has 2 N–H and O–H groups in total. The van der Waals surface area contributed by atoms with Crippen LogP contribution >= 0.6 is 12.2 Å². The van der Waals surface area contributed by atoms with Crippen LogP contribution in [-0.2, 0) is 4.74 Å². The van der Waals surface area contributed by atoms with Gasteiger partial charge in [-0.25, -0.2) is 4.79 Å². The maximum Gasteiger partial charge on any atom is 0.337 e. The minimum atomic E-state index is -0.432. The van der Waals surface area contributed by atoms with E-state index in [2.05, 4.69) is 41.3 Å². The molecule has 0 aliphatic carbocycles. The summed E-state index contributed by atoms with van der Waals surface area (Å²) in [6, 6.07) is 12.8. The Morgan fingerprint density at radius 1 is 1.00 bits per heavy atom. The number of piperazine rings is 1. The van der Waals surface area contributed by atoms with Crippen molar-refractivity contribution in [2.24, 2.45) is 0 Å². The van der Waals surface area contributed by atoms with Crippen LogP contribution in [0.2, 0.25) is 0 Å². The number of likely N-dealkylation sites (N-methyl/N-ethyl adjacent to an activating group) is 1. The summed E-state index contributed by atoms with van der Waals surface area (Å²) < 4.78 is 4.85. The molecule has 1 aliphatic rings. The van der Waals surface area contributed by atoms with Gasteiger partial charge in [0.05, 0.1) is 24.0 Å². The maximum atomic E-state index is 12.6. The molecule has 32 heavy (non-hydrogen) atoms. The molecule has 170 valence electrons. The Bertz CT molecular complexity index is 983. The van der Waals surface area contributed by atoms with Gasteiger partial charge in [-0.3, -0.25) is 10.1 Å². The van der Waals surface area contributed by atoms with E-state index in [0.29, 0.717) is 22.7 Å². The Kier molecular flexibility index (Phi) is 7.82. The van der Waals surface area contributed by atoms with Gasteiger partial charge in [0.2, 0.25) is 0 Å². The van der Waals surface area contributed by atoms with Crippen LogP contribution in [0.15, 0.2) is 42.5 Å². The lowest BCUT2D eigenvalue weighted by molar-refractivity contribution is 0.0600. The van der Waals surface area contributed by atoms with Gasteiger partial charge in [-0.15, -0.1) is 0 Å². The minimum Gasteiger partial charge on any atom is -0.465 e. The van der Waals surface area contributed by atoms with Crippen molar-refractivity contribution in [1.29, 1.82) is 0 Å². The van der Waals surface area contributed by atoms with Crippen molar-refractivity contribution in [3.8, 4) is 0 Å². The van der Waals surface area contributed by atoms with Crippen LogP contribution in [0.3, 0.4) is 0 Å². The number of esters is 1. The molecule has 2 aromatic rings. The summed E-state index contributed by atoms with van der Waals surface area (Å²) in [5, 5.41) is 6.00. The highest BCUT2D eigenvalue weighted by Gasteiger charge is 2.20. The van der Waals surface area contributed by atoms with Crippen molar-refractivity contribution in [2.45, 2.75) is 19.8 Å². The van der Waals surface area contributed by atoms with Crippen LogP contribution in [0.1, 0.15) is 46.0 Å². The normalized spacial score (nSPS) is 14.2. The van der Waals surface area contributed by atoms with E-state index < -0.39 is 5.97 Å². The standard InChI is InChI=1S/C24H30N4O3S/c1-16(2)17-5-7-18(8-6-17)22(29)26-24(32)25-20-15-19(23(30)31-4)9-10-21(20)28-13-11-27(3)12-14-28/h5-10,15-16H,11-14H2,1-4H3,(H2,25,26,29,32). The zero-order valence-electron chi connectivity index (χ0n) is 19.0. The summed E-state index contributed by atoms with van der Waals surface area (Å²) in [5.41, 5.74) is 3.67. The predicted molar refractivity (Wildman–Crippen MR) is 132 cm³/mol. The van der Waals surface area contributed by atoms with Crippen LogP contribution in [-0.4, -0.2) is 62.2 Å². The molecule has 0 unspecified atom stereocenters. The highest BCUT2D eigenvalue weighted by Crippen LogP contribution is 2.28.